The number of carbonyl (C=O) groups is 1. The number of hydrogen-bond donors (Lipinski definition) is 2. The van der Waals surface area contributed by atoms with Crippen LogP contribution in [-0.4, -0.2) is 20.6 Å². The zero-order valence-electron chi connectivity index (χ0n) is 15.1. The molecule has 3 aromatic rings. The van der Waals surface area contributed by atoms with Gasteiger partial charge in [0.2, 0.25) is 0 Å². The molecule has 0 saturated heterocycles. The van der Waals surface area contributed by atoms with Crippen molar-refractivity contribution >= 4 is 50.7 Å². The van der Waals surface area contributed by atoms with E-state index in [9.17, 15) is 17.6 Å². The monoisotopic (exact) mass is 450 g/mol. The molecule has 2 N–H and O–H groups in total. The van der Waals surface area contributed by atoms with E-state index in [1.165, 1.54) is 18.2 Å². The van der Waals surface area contributed by atoms with E-state index >= 15 is 0 Å². The van der Waals surface area contributed by atoms with Gasteiger partial charge in [-0.05, 0) is 73.0 Å². The lowest BCUT2D eigenvalue weighted by atomic mass is 10.2. The first-order valence-corrected chi connectivity index (χ1v) is 11.4. The van der Waals surface area contributed by atoms with Crippen LogP contribution in [0.15, 0.2) is 76.5 Å². The van der Waals surface area contributed by atoms with Crippen molar-refractivity contribution in [1.82, 2.24) is 0 Å². The number of rotatable bonds is 6. The number of carbonyl (C=O) groups excluding carboxylic acids is 1. The first kappa shape index (κ1) is 21.2. The van der Waals surface area contributed by atoms with Gasteiger partial charge < -0.3 is 5.32 Å². The smallest absolute Gasteiger partial charge is 0.261 e. The molecule has 5 nitrogen and oxygen atoms in total. The fourth-order valence-corrected chi connectivity index (χ4v) is 4.14. The standard InChI is InChI=1S/C20H16ClFN2O3S2/c1-28-16-7-5-15(6-8-16)23-20(25)13-2-11-18(21)19(12-13)24-29(26,27)17-9-3-14(22)4-10-17/h2-12,24H,1H3,(H,23,25). The summed E-state index contributed by atoms with van der Waals surface area (Å²) in [5, 5.41) is 2.87. The molecule has 0 radical (unpaired) electrons. The molecular weight excluding hydrogens is 435 g/mol. The summed E-state index contributed by atoms with van der Waals surface area (Å²) in [4.78, 5) is 13.5. The van der Waals surface area contributed by atoms with Crippen LogP contribution in [0.2, 0.25) is 5.02 Å². The van der Waals surface area contributed by atoms with Crippen LogP contribution in [0.25, 0.3) is 0 Å². The van der Waals surface area contributed by atoms with Gasteiger partial charge in [0.15, 0.2) is 0 Å². The van der Waals surface area contributed by atoms with E-state index in [1.807, 2.05) is 18.4 Å². The summed E-state index contributed by atoms with van der Waals surface area (Å²) in [5.41, 5.74) is 0.873. The first-order valence-electron chi connectivity index (χ1n) is 8.32. The maximum atomic E-state index is 13.0. The second-order valence-electron chi connectivity index (χ2n) is 5.94. The van der Waals surface area contributed by atoms with Crippen LogP contribution in [0.5, 0.6) is 0 Å². The average Bonchev–Trinajstić information content (AvgIpc) is 2.70. The molecule has 150 valence electrons. The molecule has 1 amide bonds. The second kappa shape index (κ2) is 8.86. The van der Waals surface area contributed by atoms with Gasteiger partial charge in [0, 0.05) is 16.1 Å². The third kappa shape index (κ3) is 5.29. The van der Waals surface area contributed by atoms with Crippen LogP contribution in [0.3, 0.4) is 0 Å². The summed E-state index contributed by atoms with van der Waals surface area (Å²) in [5.74, 6) is -0.966. The van der Waals surface area contributed by atoms with Crippen molar-refractivity contribution in [1.29, 1.82) is 0 Å². The van der Waals surface area contributed by atoms with Crippen molar-refractivity contribution < 1.29 is 17.6 Å². The number of sulfonamides is 1. The topological polar surface area (TPSA) is 75.3 Å². The van der Waals surface area contributed by atoms with Gasteiger partial charge in [-0.1, -0.05) is 11.6 Å². The molecule has 0 saturated carbocycles. The van der Waals surface area contributed by atoms with Crippen LogP contribution in [0.4, 0.5) is 15.8 Å². The number of anilines is 2. The summed E-state index contributed by atoms with van der Waals surface area (Å²) in [6.45, 7) is 0. The maximum absolute atomic E-state index is 13.0. The number of nitrogens with one attached hydrogen (secondary N) is 2. The van der Waals surface area contributed by atoms with E-state index in [4.69, 9.17) is 11.6 Å². The van der Waals surface area contributed by atoms with Crippen molar-refractivity contribution in [3.63, 3.8) is 0 Å². The lowest BCUT2D eigenvalue weighted by molar-refractivity contribution is 0.102. The predicted molar refractivity (Wildman–Crippen MR) is 115 cm³/mol. The minimum Gasteiger partial charge on any atom is -0.322 e. The Hall–Kier alpha value is -2.55. The zero-order valence-corrected chi connectivity index (χ0v) is 17.5. The molecule has 0 fully saturated rings. The van der Waals surface area contributed by atoms with Crippen LogP contribution >= 0.6 is 23.4 Å². The van der Waals surface area contributed by atoms with E-state index in [0.717, 1.165) is 29.2 Å². The molecule has 3 rings (SSSR count). The molecule has 29 heavy (non-hydrogen) atoms. The van der Waals surface area contributed by atoms with Gasteiger partial charge in [0.05, 0.1) is 15.6 Å². The largest absolute Gasteiger partial charge is 0.322 e. The van der Waals surface area contributed by atoms with Crippen LogP contribution in [0, 0.1) is 5.82 Å². The average molecular weight is 451 g/mol. The lowest BCUT2D eigenvalue weighted by Gasteiger charge is -2.12. The Balaban J connectivity index is 1.81. The first-order chi connectivity index (χ1) is 13.8. The van der Waals surface area contributed by atoms with Gasteiger partial charge >= 0.3 is 0 Å². The summed E-state index contributed by atoms with van der Waals surface area (Å²) in [7, 11) is -4.00. The van der Waals surface area contributed by atoms with E-state index in [-0.39, 0.29) is 21.2 Å². The van der Waals surface area contributed by atoms with Gasteiger partial charge in [-0.3, -0.25) is 9.52 Å². The highest BCUT2D eigenvalue weighted by molar-refractivity contribution is 7.98. The number of amides is 1. The SMILES string of the molecule is CSc1ccc(NC(=O)c2ccc(Cl)c(NS(=O)(=O)c3ccc(F)cc3)c2)cc1. The van der Waals surface area contributed by atoms with Crippen molar-refractivity contribution in [2.45, 2.75) is 9.79 Å². The molecule has 0 spiro atoms. The molecular formula is C20H16ClFN2O3S2. The van der Waals surface area contributed by atoms with Crippen molar-refractivity contribution in [3.05, 3.63) is 83.1 Å². The molecule has 9 heteroatoms. The zero-order chi connectivity index (χ0) is 21.0. The summed E-state index contributed by atoms with van der Waals surface area (Å²) in [6, 6.07) is 15.9. The van der Waals surface area contributed by atoms with Gasteiger partial charge in [-0.25, -0.2) is 12.8 Å². The molecule has 0 aliphatic heterocycles. The number of hydrogen-bond acceptors (Lipinski definition) is 4. The molecule has 0 unspecified atom stereocenters. The third-order valence-corrected chi connectivity index (χ3v) is 6.40. The van der Waals surface area contributed by atoms with Gasteiger partial charge in [-0.2, -0.15) is 0 Å². The van der Waals surface area contributed by atoms with Gasteiger partial charge in [0.25, 0.3) is 15.9 Å². The highest BCUT2D eigenvalue weighted by atomic mass is 35.5. The molecule has 0 bridgehead atoms. The Morgan fingerprint density at radius 1 is 1.00 bits per heavy atom. The fraction of sp³-hybridized carbons (Fsp3) is 0.0500. The Kier molecular flexibility index (Phi) is 6.46. The highest BCUT2D eigenvalue weighted by Crippen LogP contribution is 2.27. The van der Waals surface area contributed by atoms with Crippen molar-refractivity contribution in [3.8, 4) is 0 Å². The van der Waals surface area contributed by atoms with Gasteiger partial charge in [0.1, 0.15) is 5.82 Å². The van der Waals surface area contributed by atoms with Gasteiger partial charge in [-0.15, -0.1) is 11.8 Å². The van der Waals surface area contributed by atoms with Crippen LogP contribution in [-0.2, 0) is 10.0 Å². The molecule has 3 aromatic carbocycles. The molecule has 0 aliphatic carbocycles. The predicted octanol–water partition coefficient (Wildman–Crippen LogP) is 5.25. The van der Waals surface area contributed by atoms with Crippen molar-refractivity contribution in [2.24, 2.45) is 0 Å². The molecule has 0 heterocycles. The Morgan fingerprint density at radius 2 is 1.66 bits per heavy atom. The molecule has 0 atom stereocenters. The molecule has 0 aromatic heterocycles. The number of halogens is 2. The maximum Gasteiger partial charge on any atom is 0.261 e. The third-order valence-electron chi connectivity index (χ3n) is 3.94. The van der Waals surface area contributed by atoms with Crippen molar-refractivity contribution in [2.75, 3.05) is 16.3 Å². The van der Waals surface area contributed by atoms with Crippen LogP contribution < -0.4 is 10.0 Å². The van der Waals surface area contributed by atoms with Crippen LogP contribution in [0.1, 0.15) is 10.4 Å². The Labute approximate surface area is 177 Å². The second-order valence-corrected chi connectivity index (χ2v) is 8.91. The minimum atomic E-state index is -4.00. The fourth-order valence-electron chi connectivity index (χ4n) is 2.44. The Morgan fingerprint density at radius 3 is 2.28 bits per heavy atom. The minimum absolute atomic E-state index is 0.0429. The van der Waals surface area contributed by atoms with E-state index in [2.05, 4.69) is 10.0 Å². The van der Waals surface area contributed by atoms with E-state index < -0.39 is 21.7 Å². The summed E-state index contributed by atoms with van der Waals surface area (Å²) >= 11 is 7.68. The van der Waals surface area contributed by atoms with E-state index in [1.54, 1.807) is 23.9 Å². The highest BCUT2D eigenvalue weighted by Gasteiger charge is 2.17. The number of benzene rings is 3. The number of thioether (sulfide) groups is 1. The summed E-state index contributed by atoms with van der Waals surface area (Å²) in [6.07, 6.45) is 1.95. The lowest BCUT2D eigenvalue weighted by Crippen LogP contribution is -2.15. The summed E-state index contributed by atoms with van der Waals surface area (Å²) < 4.78 is 40.4. The Bertz CT molecular complexity index is 1140. The normalized spacial score (nSPS) is 11.1. The molecule has 0 aliphatic rings. The van der Waals surface area contributed by atoms with E-state index in [0.29, 0.717) is 5.69 Å². The quantitative estimate of drug-likeness (QED) is 0.502.